The number of rotatable bonds is 1. The molecule has 0 radical (unpaired) electrons. The topological polar surface area (TPSA) is 58.6 Å². The van der Waals surface area contributed by atoms with Gasteiger partial charge >= 0.3 is 0 Å². The summed E-state index contributed by atoms with van der Waals surface area (Å²) < 4.78 is 0. The second-order valence-corrected chi connectivity index (χ2v) is 3.42. The van der Waals surface area contributed by atoms with Crippen LogP contribution in [0.5, 0.6) is 0 Å². The highest BCUT2D eigenvalue weighted by molar-refractivity contribution is 5.53. The molecule has 2 aromatic rings. The van der Waals surface area contributed by atoms with Gasteiger partial charge in [-0.3, -0.25) is 9.78 Å². The van der Waals surface area contributed by atoms with E-state index in [-0.39, 0.29) is 5.56 Å². The second kappa shape index (κ2) is 3.65. The van der Waals surface area contributed by atoms with E-state index in [1.807, 2.05) is 19.1 Å². The Hall–Kier alpha value is -1.97. The number of aryl methyl sites for hydroxylation is 2. The number of hydrogen-bond donors (Lipinski definition) is 1. The van der Waals surface area contributed by atoms with Gasteiger partial charge in [0.25, 0.3) is 5.56 Å². The zero-order chi connectivity index (χ0) is 10.8. The Balaban J connectivity index is 2.54. The molecule has 0 amide bonds. The molecule has 76 valence electrons. The van der Waals surface area contributed by atoms with E-state index in [0.717, 1.165) is 11.3 Å². The number of aromatic amines is 1. The molecular formula is C11H11N3O. The van der Waals surface area contributed by atoms with Gasteiger partial charge in [0.1, 0.15) is 5.82 Å². The van der Waals surface area contributed by atoms with Gasteiger partial charge in [-0.1, -0.05) is 0 Å². The van der Waals surface area contributed by atoms with Gasteiger partial charge < -0.3 is 4.98 Å². The summed E-state index contributed by atoms with van der Waals surface area (Å²) in [6.07, 6.45) is 1.70. The monoisotopic (exact) mass is 201 g/mol. The minimum atomic E-state index is -0.141. The molecule has 0 aliphatic heterocycles. The van der Waals surface area contributed by atoms with Gasteiger partial charge in [-0.15, -0.1) is 0 Å². The maximum Gasteiger partial charge on any atom is 0.251 e. The summed E-state index contributed by atoms with van der Waals surface area (Å²) in [5.74, 6) is 0.563. The molecule has 0 aromatic carbocycles. The number of hydrogen-bond acceptors (Lipinski definition) is 3. The smallest absolute Gasteiger partial charge is 0.251 e. The molecule has 4 nitrogen and oxygen atoms in total. The lowest BCUT2D eigenvalue weighted by Gasteiger charge is -2.01. The zero-order valence-electron chi connectivity index (χ0n) is 8.61. The Labute approximate surface area is 87.0 Å². The Morgan fingerprint density at radius 1 is 1.20 bits per heavy atom. The third-order valence-corrected chi connectivity index (χ3v) is 2.05. The highest BCUT2D eigenvalue weighted by Crippen LogP contribution is 2.11. The summed E-state index contributed by atoms with van der Waals surface area (Å²) in [5, 5.41) is 0. The van der Waals surface area contributed by atoms with Gasteiger partial charge in [0.15, 0.2) is 0 Å². The highest BCUT2D eigenvalue weighted by Gasteiger charge is 2.01. The lowest BCUT2D eigenvalue weighted by Crippen LogP contribution is -2.08. The molecule has 0 saturated heterocycles. The molecule has 0 unspecified atom stereocenters. The van der Waals surface area contributed by atoms with Gasteiger partial charge in [-0.05, 0) is 26.0 Å². The summed E-state index contributed by atoms with van der Waals surface area (Å²) in [7, 11) is 0. The van der Waals surface area contributed by atoms with Crippen molar-refractivity contribution in [2.45, 2.75) is 13.8 Å². The fourth-order valence-electron chi connectivity index (χ4n) is 1.32. The van der Waals surface area contributed by atoms with Crippen molar-refractivity contribution >= 4 is 0 Å². The Morgan fingerprint density at radius 2 is 2.00 bits per heavy atom. The van der Waals surface area contributed by atoms with Gasteiger partial charge in [0.05, 0.1) is 0 Å². The van der Waals surface area contributed by atoms with E-state index in [0.29, 0.717) is 11.5 Å². The van der Waals surface area contributed by atoms with Gasteiger partial charge in [-0.25, -0.2) is 4.98 Å². The van der Waals surface area contributed by atoms with Crippen LogP contribution in [0, 0.1) is 13.8 Å². The number of H-pyrrole nitrogens is 1. The van der Waals surface area contributed by atoms with Crippen molar-refractivity contribution in [3.63, 3.8) is 0 Å². The summed E-state index contributed by atoms with van der Waals surface area (Å²) in [5.41, 5.74) is 2.32. The zero-order valence-corrected chi connectivity index (χ0v) is 8.61. The van der Waals surface area contributed by atoms with Crippen molar-refractivity contribution < 1.29 is 0 Å². The molecule has 0 saturated carbocycles. The second-order valence-electron chi connectivity index (χ2n) is 3.42. The number of pyridine rings is 1. The summed E-state index contributed by atoms with van der Waals surface area (Å²) in [6.45, 7) is 3.70. The Bertz CT molecular complexity index is 528. The number of nitrogens with zero attached hydrogens (tertiary/aromatic N) is 2. The van der Waals surface area contributed by atoms with Crippen molar-refractivity contribution in [3.05, 3.63) is 46.1 Å². The first-order valence-corrected chi connectivity index (χ1v) is 4.66. The van der Waals surface area contributed by atoms with Crippen LogP contribution in [0.1, 0.15) is 11.4 Å². The molecule has 2 heterocycles. The number of nitrogens with one attached hydrogen (secondary N) is 1. The summed E-state index contributed by atoms with van der Waals surface area (Å²) in [4.78, 5) is 22.3. The summed E-state index contributed by atoms with van der Waals surface area (Å²) in [6, 6.07) is 5.24. The van der Waals surface area contributed by atoms with E-state index >= 15 is 0 Å². The molecule has 2 aromatic heterocycles. The van der Waals surface area contributed by atoms with E-state index in [1.54, 1.807) is 13.1 Å². The van der Waals surface area contributed by atoms with Crippen LogP contribution in [0.25, 0.3) is 11.4 Å². The normalized spacial score (nSPS) is 10.3. The highest BCUT2D eigenvalue weighted by atomic mass is 16.1. The lowest BCUT2D eigenvalue weighted by atomic mass is 10.2. The molecule has 4 heteroatoms. The van der Waals surface area contributed by atoms with Crippen LogP contribution in [-0.4, -0.2) is 15.0 Å². The van der Waals surface area contributed by atoms with Crippen LogP contribution in [0.15, 0.2) is 29.2 Å². The molecule has 0 fully saturated rings. The van der Waals surface area contributed by atoms with Crippen LogP contribution in [0.4, 0.5) is 0 Å². The Kier molecular flexibility index (Phi) is 2.33. The lowest BCUT2D eigenvalue weighted by molar-refractivity contribution is 1.07. The molecule has 2 rings (SSSR count). The van der Waals surface area contributed by atoms with E-state index in [9.17, 15) is 4.79 Å². The largest absolute Gasteiger partial charge is 0.306 e. The molecule has 0 aliphatic carbocycles. The molecule has 0 aliphatic rings. The minimum absolute atomic E-state index is 0.141. The molecule has 0 bridgehead atoms. The average molecular weight is 201 g/mol. The molecule has 0 spiro atoms. The van der Waals surface area contributed by atoms with Crippen LogP contribution >= 0.6 is 0 Å². The molecule has 1 N–H and O–H groups in total. The van der Waals surface area contributed by atoms with E-state index in [1.165, 1.54) is 6.07 Å². The first kappa shape index (κ1) is 9.58. The quantitative estimate of drug-likeness (QED) is 0.759. The average Bonchev–Trinajstić information content (AvgIpc) is 2.17. The van der Waals surface area contributed by atoms with Crippen LogP contribution in [-0.2, 0) is 0 Å². The van der Waals surface area contributed by atoms with E-state index < -0.39 is 0 Å². The third kappa shape index (κ3) is 2.10. The molecular weight excluding hydrogens is 190 g/mol. The van der Waals surface area contributed by atoms with Crippen LogP contribution < -0.4 is 5.56 Å². The summed E-state index contributed by atoms with van der Waals surface area (Å²) >= 11 is 0. The van der Waals surface area contributed by atoms with Crippen molar-refractivity contribution in [1.29, 1.82) is 0 Å². The van der Waals surface area contributed by atoms with E-state index in [2.05, 4.69) is 15.0 Å². The molecule has 15 heavy (non-hydrogen) atoms. The Morgan fingerprint density at radius 3 is 2.60 bits per heavy atom. The maximum atomic E-state index is 11.2. The fraction of sp³-hybridized carbons (Fsp3) is 0.182. The first-order chi connectivity index (χ1) is 7.15. The fourth-order valence-corrected chi connectivity index (χ4v) is 1.32. The van der Waals surface area contributed by atoms with E-state index in [4.69, 9.17) is 0 Å². The van der Waals surface area contributed by atoms with Gasteiger partial charge in [0, 0.05) is 29.2 Å². The van der Waals surface area contributed by atoms with Crippen molar-refractivity contribution in [3.8, 4) is 11.4 Å². The minimum Gasteiger partial charge on any atom is -0.306 e. The standard InChI is InChI=1S/C11H11N3O/c1-7-3-4-9(6-12-7)11-13-8(2)5-10(15)14-11/h3-6H,1-2H3,(H,13,14,15). The van der Waals surface area contributed by atoms with Crippen molar-refractivity contribution in [1.82, 2.24) is 15.0 Å². The number of aromatic nitrogens is 3. The molecule has 0 atom stereocenters. The third-order valence-electron chi connectivity index (χ3n) is 2.05. The van der Waals surface area contributed by atoms with Crippen molar-refractivity contribution in [2.75, 3.05) is 0 Å². The van der Waals surface area contributed by atoms with Crippen LogP contribution in [0.3, 0.4) is 0 Å². The predicted octanol–water partition coefficient (Wildman–Crippen LogP) is 1.45. The first-order valence-electron chi connectivity index (χ1n) is 4.66. The van der Waals surface area contributed by atoms with Gasteiger partial charge in [-0.2, -0.15) is 0 Å². The maximum absolute atomic E-state index is 11.2. The van der Waals surface area contributed by atoms with Crippen LogP contribution in [0.2, 0.25) is 0 Å². The van der Waals surface area contributed by atoms with Crippen molar-refractivity contribution in [2.24, 2.45) is 0 Å². The predicted molar refractivity (Wildman–Crippen MR) is 57.6 cm³/mol. The SMILES string of the molecule is Cc1ccc(-c2nc(C)cc(=O)[nH]2)cn1. The van der Waals surface area contributed by atoms with Gasteiger partial charge in [0.2, 0.25) is 0 Å².